The first kappa shape index (κ1) is 18.9. The highest BCUT2D eigenvalue weighted by molar-refractivity contribution is 9.10. The van der Waals surface area contributed by atoms with E-state index in [4.69, 9.17) is 9.05 Å². The molecule has 0 spiro atoms. The van der Waals surface area contributed by atoms with Gasteiger partial charge in [-0.15, -0.1) is 0 Å². The van der Waals surface area contributed by atoms with Crippen molar-refractivity contribution in [3.05, 3.63) is 34.3 Å². The van der Waals surface area contributed by atoms with E-state index in [2.05, 4.69) is 15.9 Å². The molecule has 4 nitrogen and oxygen atoms in total. The lowest BCUT2D eigenvalue weighted by Gasteiger charge is -2.34. The van der Waals surface area contributed by atoms with Crippen molar-refractivity contribution in [3.63, 3.8) is 0 Å². The van der Waals surface area contributed by atoms with Gasteiger partial charge >= 0.3 is 7.60 Å². The maximum Gasteiger partial charge on any atom is 0.364 e. The van der Waals surface area contributed by atoms with Gasteiger partial charge in [-0.3, -0.25) is 4.57 Å². The van der Waals surface area contributed by atoms with E-state index in [-0.39, 0.29) is 0 Å². The molecule has 0 aliphatic rings. The van der Waals surface area contributed by atoms with Gasteiger partial charge in [0.05, 0.1) is 11.2 Å². The first-order chi connectivity index (χ1) is 9.32. The van der Waals surface area contributed by atoms with Crippen molar-refractivity contribution < 1.29 is 18.7 Å². The molecule has 1 atom stereocenters. The summed E-state index contributed by atoms with van der Waals surface area (Å²) < 4.78 is 25.2. The van der Waals surface area contributed by atoms with Crippen LogP contribution in [0.25, 0.3) is 0 Å². The molecule has 0 saturated heterocycles. The van der Waals surface area contributed by atoms with Crippen LogP contribution in [0.5, 0.6) is 0 Å². The van der Waals surface area contributed by atoms with Crippen molar-refractivity contribution in [2.45, 2.75) is 58.6 Å². The Bertz CT molecular complexity index is 494. The summed E-state index contributed by atoms with van der Waals surface area (Å²) in [7, 11) is -3.75. The molecule has 6 heteroatoms. The fraction of sp³-hybridized carbons (Fsp3) is 0.600. The minimum atomic E-state index is -3.75. The van der Waals surface area contributed by atoms with E-state index in [9.17, 15) is 9.67 Å². The average molecular weight is 379 g/mol. The number of aliphatic hydroxyl groups is 1. The van der Waals surface area contributed by atoms with Gasteiger partial charge in [-0.2, -0.15) is 0 Å². The van der Waals surface area contributed by atoms with Gasteiger partial charge in [0.25, 0.3) is 0 Å². The van der Waals surface area contributed by atoms with Crippen molar-refractivity contribution in [2.24, 2.45) is 0 Å². The van der Waals surface area contributed by atoms with Crippen LogP contribution in [0.1, 0.15) is 53.0 Å². The number of hydrogen-bond acceptors (Lipinski definition) is 4. The fourth-order valence-corrected chi connectivity index (χ4v) is 4.26. The van der Waals surface area contributed by atoms with E-state index in [1.807, 2.05) is 0 Å². The SMILES string of the molecule is CC(C)(C)OP(=O)(OC(C)(C)C)C(O)c1ccc(Br)cc1. The third kappa shape index (κ3) is 6.21. The zero-order valence-corrected chi connectivity index (χ0v) is 15.9. The molecule has 21 heavy (non-hydrogen) atoms. The molecule has 0 fully saturated rings. The van der Waals surface area contributed by atoms with Gasteiger partial charge in [-0.25, -0.2) is 0 Å². The van der Waals surface area contributed by atoms with E-state index >= 15 is 0 Å². The highest BCUT2D eigenvalue weighted by Gasteiger charge is 2.42. The summed E-state index contributed by atoms with van der Waals surface area (Å²) >= 11 is 3.33. The molecule has 0 bridgehead atoms. The normalized spacial score (nSPS) is 15.0. The summed E-state index contributed by atoms with van der Waals surface area (Å²) in [6, 6.07) is 6.94. The minimum Gasteiger partial charge on any atom is -0.376 e. The summed E-state index contributed by atoms with van der Waals surface area (Å²) in [5.74, 6) is -1.33. The van der Waals surface area contributed by atoms with Crippen molar-refractivity contribution in [1.29, 1.82) is 0 Å². The van der Waals surface area contributed by atoms with Crippen LogP contribution in [0.4, 0.5) is 0 Å². The van der Waals surface area contributed by atoms with Crippen molar-refractivity contribution in [3.8, 4) is 0 Å². The second kappa shape index (κ2) is 6.51. The monoisotopic (exact) mass is 378 g/mol. The molecule has 0 aliphatic heterocycles. The second-order valence-electron chi connectivity index (χ2n) is 6.87. The van der Waals surface area contributed by atoms with Gasteiger partial charge in [0.15, 0.2) is 5.85 Å². The molecule has 120 valence electrons. The number of halogens is 1. The molecule has 0 saturated carbocycles. The zero-order chi connectivity index (χ0) is 16.5. The Labute approximate surface area is 135 Å². The summed E-state index contributed by atoms with van der Waals surface area (Å²) in [6.07, 6.45) is 0. The topological polar surface area (TPSA) is 55.8 Å². The molecule has 0 aliphatic carbocycles. The molecule has 0 heterocycles. The maximum atomic E-state index is 13.1. The molecule has 1 aromatic carbocycles. The van der Waals surface area contributed by atoms with E-state index in [1.165, 1.54) is 0 Å². The smallest absolute Gasteiger partial charge is 0.364 e. The molecule has 0 amide bonds. The zero-order valence-electron chi connectivity index (χ0n) is 13.4. The van der Waals surface area contributed by atoms with Crippen LogP contribution < -0.4 is 0 Å². The Morgan fingerprint density at radius 1 is 1.00 bits per heavy atom. The average Bonchev–Trinajstić information content (AvgIpc) is 2.23. The largest absolute Gasteiger partial charge is 0.376 e. The Morgan fingerprint density at radius 2 is 1.38 bits per heavy atom. The first-order valence-corrected chi connectivity index (χ1v) is 9.18. The number of benzene rings is 1. The predicted octanol–water partition coefficient (Wildman–Crippen LogP) is 5.26. The second-order valence-corrected chi connectivity index (χ2v) is 9.72. The van der Waals surface area contributed by atoms with E-state index < -0.39 is 24.6 Å². The molecule has 0 aromatic heterocycles. The number of hydrogen-bond donors (Lipinski definition) is 1. The molecule has 0 radical (unpaired) electrons. The third-order valence-electron chi connectivity index (χ3n) is 2.27. The Kier molecular flexibility index (Phi) is 5.85. The summed E-state index contributed by atoms with van der Waals surface area (Å²) in [4.78, 5) is 0. The van der Waals surface area contributed by atoms with Gasteiger partial charge in [0.2, 0.25) is 0 Å². The predicted molar refractivity (Wildman–Crippen MR) is 88.4 cm³/mol. The van der Waals surface area contributed by atoms with Gasteiger partial charge in [-0.05, 0) is 59.2 Å². The van der Waals surface area contributed by atoms with Crippen LogP contribution in [-0.4, -0.2) is 16.3 Å². The molecule has 1 unspecified atom stereocenters. The van der Waals surface area contributed by atoms with Gasteiger partial charge in [-0.1, -0.05) is 28.1 Å². The lowest BCUT2D eigenvalue weighted by Crippen LogP contribution is -2.26. The van der Waals surface area contributed by atoms with Crippen LogP contribution in [0.15, 0.2) is 28.7 Å². The number of rotatable bonds is 4. The highest BCUT2D eigenvalue weighted by atomic mass is 79.9. The Balaban J connectivity index is 3.16. The lowest BCUT2D eigenvalue weighted by molar-refractivity contribution is 0.0271. The van der Waals surface area contributed by atoms with Gasteiger partial charge < -0.3 is 14.2 Å². The fourth-order valence-electron chi connectivity index (χ4n) is 1.70. The van der Waals surface area contributed by atoms with Gasteiger partial charge in [0.1, 0.15) is 0 Å². The minimum absolute atomic E-state index is 0.495. The number of aliphatic hydroxyl groups excluding tert-OH is 1. The maximum absolute atomic E-state index is 13.1. The molecule has 1 N–H and O–H groups in total. The molecular formula is C15H24BrO4P. The summed E-state index contributed by atoms with van der Waals surface area (Å²) in [6.45, 7) is 10.7. The summed E-state index contributed by atoms with van der Waals surface area (Å²) in [5.41, 5.74) is -0.899. The van der Waals surface area contributed by atoms with Crippen LogP contribution >= 0.6 is 23.5 Å². The third-order valence-corrected chi connectivity index (χ3v) is 5.30. The van der Waals surface area contributed by atoms with Crippen molar-refractivity contribution >= 4 is 23.5 Å². The van der Waals surface area contributed by atoms with Gasteiger partial charge in [0, 0.05) is 4.47 Å². The van der Waals surface area contributed by atoms with Crippen LogP contribution in [-0.2, 0) is 13.6 Å². The molecular weight excluding hydrogens is 355 g/mol. The Hall–Kier alpha value is -0.190. The van der Waals surface area contributed by atoms with Crippen LogP contribution in [0.3, 0.4) is 0 Å². The quantitative estimate of drug-likeness (QED) is 0.725. The standard InChI is InChI=1S/C15H24BrO4P/c1-14(2,3)19-21(18,20-15(4,5)6)13(17)11-7-9-12(16)10-8-11/h7-10,13,17H,1-6H3. The van der Waals surface area contributed by atoms with E-state index in [1.54, 1.807) is 65.8 Å². The first-order valence-electron chi connectivity index (χ1n) is 6.77. The summed E-state index contributed by atoms with van der Waals surface area (Å²) in [5, 5.41) is 10.5. The van der Waals surface area contributed by atoms with E-state index in [0.29, 0.717) is 5.56 Å². The van der Waals surface area contributed by atoms with Crippen molar-refractivity contribution in [2.75, 3.05) is 0 Å². The highest BCUT2D eigenvalue weighted by Crippen LogP contribution is 2.63. The van der Waals surface area contributed by atoms with E-state index in [0.717, 1.165) is 4.47 Å². The molecule has 1 rings (SSSR count). The Morgan fingerprint density at radius 3 is 1.71 bits per heavy atom. The lowest BCUT2D eigenvalue weighted by atomic mass is 10.2. The van der Waals surface area contributed by atoms with Crippen LogP contribution in [0, 0.1) is 0 Å². The van der Waals surface area contributed by atoms with Crippen LogP contribution in [0.2, 0.25) is 0 Å². The van der Waals surface area contributed by atoms with Crippen molar-refractivity contribution in [1.82, 2.24) is 0 Å². The molecule has 1 aromatic rings.